The number of amides is 1. The number of nitriles is 1. The fraction of sp³-hybridized carbons (Fsp3) is 0.545. The normalized spacial score (nSPS) is 17.0. The van der Waals surface area contributed by atoms with Crippen LogP contribution in [-0.4, -0.2) is 29.4 Å². The van der Waals surface area contributed by atoms with E-state index in [1.165, 1.54) is 6.20 Å². The van der Waals surface area contributed by atoms with Gasteiger partial charge in [0.2, 0.25) is 0 Å². The highest BCUT2D eigenvalue weighted by Crippen LogP contribution is 2.09. The van der Waals surface area contributed by atoms with E-state index in [0.29, 0.717) is 0 Å². The fourth-order valence-corrected chi connectivity index (χ4v) is 1.81. The van der Waals surface area contributed by atoms with Crippen LogP contribution in [0.3, 0.4) is 0 Å². The summed E-state index contributed by atoms with van der Waals surface area (Å²) in [6.45, 7) is 4.65. The van der Waals surface area contributed by atoms with Gasteiger partial charge in [0.25, 0.3) is 5.91 Å². The molecule has 1 rings (SSSR count). The lowest BCUT2D eigenvalue weighted by Crippen LogP contribution is -2.33. The highest BCUT2D eigenvalue weighted by atomic mass is 32.2. The molecular weight excluding hydrogens is 236 g/mol. The molecule has 0 saturated heterocycles. The number of amidine groups is 1. The molecule has 0 aromatic rings. The van der Waals surface area contributed by atoms with Gasteiger partial charge in [0.15, 0.2) is 5.17 Å². The summed E-state index contributed by atoms with van der Waals surface area (Å²) >= 11 is 1.58. The molecule has 6 heteroatoms. The van der Waals surface area contributed by atoms with E-state index < -0.39 is 0 Å². The molecule has 17 heavy (non-hydrogen) atoms. The van der Waals surface area contributed by atoms with Gasteiger partial charge in [0.1, 0.15) is 11.6 Å². The third kappa shape index (κ3) is 4.49. The van der Waals surface area contributed by atoms with E-state index in [-0.39, 0.29) is 17.5 Å². The maximum Gasteiger partial charge on any atom is 0.263 e. The number of thioether (sulfide) groups is 1. The van der Waals surface area contributed by atoms with Crippen LogP contribution in [0.4, 0.5) is 0 Å². The van der Waals surface area contributed by atoms with Gasteiger partial charge < -0.3 is 10.6 Å². The number of hydrogen-bond acceptors (Lipinski definition) is 5. The second-order valence-electron chi connectivity index (χ2n) is 3.63. The minimum absolute atomic E-state index is 0.0671. The van der Waals surface area contributed by atoms with E-state index in [9.17, 15) is 4.79 Å². The van der Waals surface area contributed by atoms with Crippen LogP contribution >= 0.6 is 11.8 Å². The Morgan fingerprint density at radius 2 is 2.53 bits per heavy atom. The average molecular weight is 252 g/mol. The van der Waals surface area contributed by atoms with Gasteiger partial charge in [0.05, 0.1) is 6.54 Å². The molecule has 0 saturated carbocycles. The summed E-state index contributed by atoms with van der Waals surface area (Å²) in [5.74, 6) is 0.592. The van der Waals surface area contributed by atoms with Crippen LogP contribution in [0.25, 0.3) is 0 Å². The van der Waals surface area contributed by atoms with Crippen LogP contribution in [0.15, 0.2) is 16.8 Å². The molecule has 92 valence electrons. The Hall–Kier alpha value is -1.48. The fourth-order valence-electron chi connectivity index (χ4n) is 1.11. The van der Waals surface area contributed by atoms with Crippen molar-refractivity contribution in [2.75, 3.05) is 12.3 Å². The van der Waals surface area contributed by atoms with Gasteiger partial charge in [-0.2, -0.15) is 5.26 Å². The van der Waals surface area contributed by atoms with E-state index in [1.807, 2.05) is 19.9 Å². The summed E-state index contributed by atoms with van der Waals surface area (Å²) < 4.78 is 0. The molecule has 0 radical (unpaired) electrons. The molecule has 0 fully saturated rings. The molecule has 1 amide bonds. The molecule has 0 aromatic heterocycles. The molecule has 0 aromatic carbocycles. The predicted molar refractivity (Wildman–Crippen MR) is 69.5 cm³/mol. The average Bonchev–Trinajstić information content (AvgIpc) is 2.82. The monoisotopic (exact) mass is 252 g/mol. The molecule has 1 heterocycles. The van der Waals surface area contributed by atoms with Crippen LogP contribution < -0.4 is 10.6 Å². The quantitative estimate of drug-likeness (QED) is 0.578. The van der Waals surface area contributed by atoms with Crippen molar-refractivity contribution < 1.29 is 4.79 Å². The van der Waals surface area contributed by atoms with Gasteiger partial charge in [-0.25, -0.2) is 0 Å². The Bertz CT molecular complexity index is 383. The third-order valence-corrected chi connectivity index (χ3v) is 3.19. The van der Waals surface area contributed by atoms with Crippen LogP contribution in [-0.2, 0) is 4.79 Å². The number of aliphatic imine (C=N–C) groups is 1. The molecule has 1 aliphatic rings. The van der Waals surface area contributed by atoms with E-state index in [1.54, 1.807) is 11.8 Å². The molecule has 2 N–H and O–H groups in total. The van der Waals surface area contributed by atoms with Gasteiger partial charge in [-0.1, -0.05) is 18.7 Å². The van der Waals surface area contributed by atoms with Crippen molar-refractivity contribution in [3.8, 4) is 6.07 Å². The van der Waals surface area contributed by atoms with E-state index in [4.69, 9.17) is 5.26 Å². The first kappa shape index (κ1) is 13.6. The zero-order valence-electron chi connectivity index (χ0n) is 9.99. The summed E-state index contributed by atoms with van der Waals surface area (Å²) in [6, 6.07) is 1.94. The molecular formula is C11H16N4OS. The van der Waals surface area contributed by atoms with E-state index in [0.717, 1.165) is 23.9 Å². The Morgan fingerprint density at radius 1 is 1.76 bits per heavy atom. The molecule has 0 bridgehead atoms. The highest BCUT2D eigenvalue weighted by molar-refractivity contribution is 8.14. The van der Waals surface area contributed by atoms with Crippen molar-refractivity contribution in [1.29, 1.82) is 5.26 Å². The lowest BCUT2D eigenvalue weighted by atomic mass is 10.2. The number of carbonyl (C=O) groups excluding carboxylic acids is 1. The van der Waals surface area contributed by atoms with Gasteiger partial charge in [-0.3, -0.25) is 9.79 Å². The Kier molecular flexibility index (Phi) is 5.57. The van der Waals surface area contributed by atoms with Crippen molar-refractivity contribution in [2.24, 2.45) is 4.99 Å². The zero-order valence-corrected chi connectivity index (χ0v) is 10.8. The van der Waals surface area contributed by atoms with Crippen molar-refractivity contribution >= 4 is 22.8 Å². The molecule has 1 aliphatic heterocycles. The molecule has 0 spiro atoms. The Morgan fingerprint density at radius 3 is 3.06 bits per heavy atom. The summed E-state index contributed by atoms with van der Waals surface area (Å²) in [5, 5.41) is 15.3. The van der Waals surface area contributed by atoms with Crippen molar-refractivity contribution in [3.63, 3.8) is 0 Å². The summed E-state index contributed by atoms with van der Waals surface area (Å²) in [5.41, 5.74) is 0.0699. The van der Waals surface area contributed by atoms with E-state index in [2.05, 4.69) is 15.6 Å². The number of carbonyl (C=O) groups is 1. The first-order valence-corrected chi connectivity index (χ1v) is 6.50. The number of hydrogen-bond donors (Lipinski definition) is 2. The van der Waals surface area contributed by atoms with Crippen molar-refractivity contribution in [2.45, 2.75) is 26.3 Å². The summed E-state index contributed by atoms with van der Waals surface area (Å²) in [4.78, 5) is 15.8. The van der Waals surface area contributed by atoms with E-state index >= 15 is 0 Å². The van der Waals surface area contributed by atoms with Crippen LogP contribution in [0.1, 0.15) is 20.3 Å². The largest absolute Gasteiger partial charge is 0.349 e. The van der Waals surface area contributed by atoms with Crippen LogP contribution in [0, 0.1) is 11.3 Å². The molecule has 1 atom stereocenters. The smallest absolute Gasteiger partial charge is 0.263 e. The van der Waals surface area contributed by atoms with Gasteiger partial charge in [-0.05, 0) is 13.3 Å². The second kappa shape index (κ2) is 6.97. The summed E-state index contributed by atoms with van der Waals surface area (Å²) in [6.07, 6.45) is 2.25. The third-order valence-electron chi connectivity index (χ3n) is 2.28. The number of nitrogens with zero attached hydrogens (tertiary/aromatic N) is 2. The first-order chi connectivity index (χ1) is 8.17. The first-order valence-electron chi connectivity index (χ1n) is 5.52. The van der Waals surface area contributed by atoms with Gasteiger partial charge in [-0.15, -0.1) is 0 Å². The van der Waals surface area contributed by atoms with Crippen molar-refractivity contribution in [3.05, 3.63) is 11.8 Å². The minimum Gasteiger partial charge on any atom is -0.349 e. The van der Waals surface area contributed by atoms with Gasteiger partial charge >= 0.3 is 0 Å². The molecule has 5 nitrogen and oxygen atoms in total. The van der Waals surface area contributed by atoms with Crippen LogP contribution in [0.5, 0.6) is 0 Å². The minimum atomic E-state index is -0.349. The predicted octanol–water partition coefficient (Wildman–Crippen LogP) is 1.00. The zero-order chi connectivity index (χ0) is 12.7. The maximum absolute atomic E-state index is 11.7. The van der Waals surface area contributed by atoms with Gasteiger partial charge in [0, 0.05) is 18.0 Å². The van der Waals surface area contributed by atoms with Crippen LogP contribution in [0.2, 0.25) is 0 Å². The molecule has 0 aliphatic carbocycles. The van der Waals surface area contributed by atoms with Crippen molar-refractivity contribution in [1.82, 2.24) is 10.6 Å². The molecule has 1 unspecified atom stereocenters. The standard InChI is InChI=1S/C11H16N4OS/c1-3-8(2)15-10(16)9(6-12)7-14-11-13-4-5-17-11/h7-8H,3-5H2,1-2H3,(H,13,14)(H,15,16)/b9-7-. The maximum atomic E-state index is 11.7. The Labute approximate surface area is 105 Å². The Balaban J connectivity index is 2.54. The second-order valence-corrected chi connectivity index (χ2v) is 4.72. The number of nitrogens with one attached hydrogen (secondary N) is 2. The summed E-state index contributed by atoms with van der Waals surface area (Å²) in [7, 11) is 0. The number of rotatable bonds is 4. The highest BCUT2D eigenvalue weighted by Gasteiger charge is 2.12. The lowest BCUT2D eigenvalue weighted by Gasteiger charge is -2.10. The SMILES string of the molecule is CCC(C)NC(=O)/C(C#N)=C\NC1=NCCS1. The lowest BCUT2D eigenvalue weighted by molar-refractivity contribution is -0.117. The topological polar surface area (TPSA) is 77.3 Å².